The molecule has 1 fully saturated rings. The molecule has 1 saturated heterocycles. The second kappa shape index (κ2) is 13.3. The standard InChI is InChI=1S/C28H23ClF7N5O4/c1-45-11-20(41-13-27(32,33)12-38-26(41)44)14-7-8-37-21(10-14)39-25(43)23(15-5-6-17(29)19(31)9-15)40-24(42)22-16(28(34,35)36)3-2-4-18(22)30/h2-10,20,23H,11-13H2,1H3,(H,38,44)(H,40,42)(H,37,39,43)/t20-,23+/m1/s1. The summed E-state index contributed by atoms with van der Waals surface area (Å²) in [6, 6.07) is 3.48. The first-order valence-corrected chi connectivity index (χ1v) is 13.3. The van der Waals surface area contributed by atoms with Crippen LogP contribution in [0, 0.1) is 11.6 Å². The van der Waals surface area contributed by atoms with Crippen molar-refractivity contribution in [2.75, 3.05) is 32.1 Å². The monoisotopic (exact) mass is 661 g/mol. The third-order valence-electron chi connectivity index (χ3n) is 6.64. The first-order valence-electron chi connectivity index (χ1n) is 12.9. The van der Waals surface area contributed by atoms with Crippen LogP contribution in [0.5, 0.6) is 0 Å². The maximum atomic E-state index is 14.5. The molecule has 2 heterocycles. The molecule has 2 aromatic carbocycles. The molecule has 45 heavy (non-hydrogen) atoms. The van der Waals surface area contributed by atoms with Crippen molar-refractivity contribution in [3.8, 4) is 0 Å². The molecular formula is C28H23ClF7N5O4. The first-order chi connectivity index (χ1) is 21.1. The third kappa shape index (κ3) is 7.81. The van der Waals surface area contributed by atoms with Gasteiger partial charge in [0.1, 0.15) is 23.5 Å². The van der Waals surface area contributed by atoms with E-state index in [1.54, 1.807) is 0 Å². The van der Waals surface area contributed by atoms with E-state index in [2.05, 4.69) is 15.6 Å². The minimum absolute atomic E-state index is 0.189. The van der Waals surface area contributed by atoms with Crippen molar-refractivity contribution in [3.05, 3.63) is 93.6 Å². The Morgan fingerprint density at radius 1 is 1.11 bits per heavy atom. The third-order valence-corrected chi connectivity index (χ3v) is 6.95. The van der Waals surface area contributed by atoms with Gasteiger partial charge in [0.25, 0.3) is 17.7 Å². The van der Waals surface area contributed by atoms with Gasteiger partial charge in [-0.25, -0.2) is 27.3 Å². The molecule has 9 nitrogen and oxygen atoms in total. The van der Waals surface area contributed by atoms with Gasteiger partial charge in [0.05, 0.1) is 41.9 Å². The molecule has 0 unspecified atom stereocenters. The molecule has 1 aliphatic heterocycles. The number of methoxy groups -OCH3 is 1. The zero-order valence-electron chi connectivity index (χ0n) is 23.0. The van der Waals surface area contributed by atoms with Gasteiger partial charge in [-0.15, -0.1) is 0 Å². The summed E-state index contributed by atoms with van der Waals surface area (Å²) in [5, 5.41) is 6.03. The van der Waals surface area contributed by atoms with Crippen molar-refractivity contribution in [2.45, 2.75) is 24.2 Å². The average molecular weight is 662 g/mol. The predicted octanol–water partition coefficient (Wildman–Crippen LogP) is 5.49. The Morgan fingerprint density at radius 2 is 1.84 bits per heavy atom. The number of amides is 4. The van der Waals surface area contributed by atoms with Crippen molar-refractivity contribution < 1.29 is 49.9 Å². The van der Waals surface area contributed by atoms with E-state index in [0.29, 0.717) is 12.1 Å². The highest BCUT2D eigenvalue weighted by molar-refractivity contribution is 6.30. The van der Waals surface area contributed by atoms with Crippen LogP contribution in [0.2, 0.25) is 5.02 Å². The van der Waals surface area contributed by atoms with Crippen LogP contribution >= 0.6 is 11.6 Å². The Labute approximate surface area is 255 Å². The fourth-order valence-electron chi connectivity index (χ4n) is 4.57. The second-order valence-corrected chi connectivity index (χ2v) is 10.2. The lowest BCUT2D eigenvalue weighted by atomic mass is 10.0. The highest BCUT2D eigenvalue weighted by atomic mass is 35.5. The van der Waals surface area contributed by atoms with E-state index in [0.717, 1.165) is 35.4 Å². The largest absolute Gasteiger partial charge is 0.417 e. The number of halogens is 8. The number of urea groups is 1. The Balaban J connectivity index is 1.67. The van der Waals surface area contributed by atoms with E-state index < -0.39 is 77.9 Å². The van der Waals surface area contributed by atoms with Gasteiger partial charge in [-0.2, -0.15) is 13.2 Å². The number of hydrogen-bond acceptors (Lipinski definition) is 5. The van der Waals surface area contributed by atoms with Crippen molar-refractivity contribution in [2.24, 2.45) is 0 Å². The number of carbonyl (C=O) groups excluding carboxylic acids is 3. The molecule has 2 atom stereocenters. The van der Waals surface area contributed by atoms with Crippen LogP contribution < -0.4 is 16.0 Å². The van der Waals surface area contributed by atoms with Crippen molar-refractivity contribution >= 4 is 35.3 Å². The molecule has 17 heteroatoms. The number of pyridine rings is 1. The first kappa shape index (κ1) is 33.5. The van der Waals surface area contributed by atoms with Crippen LogP contribution in [0.4, 0.5) is 41.3 Å². The Kier molecular flexibility index (Phi) is 9.87. The smallest absolute Gasteiger partial charge is 0.382 e. The average Bonchev–Trinajstić information content (AvgIpc) is 2.97. The lowest BCUT2D eigenvalue weighted by molar-refractivity contribution is -0.138. The van der Waals surface area contributed by atoms with Gasteiger partial charge in [-0.05, 0) is 47.5 Å². The number of nitrogens with zero attached hydrogens (tertiary/aromatic N) is 2. The second-order valence-electron chi connectivity index (χ2n) is 9.82. The molecule has 1 aromatic heterocycles. The molecule has 0 aliphatic carbocycles. The van der Waals surface area contributed by atoms with Crippen LogP contribution in [0.25, 0.3) is 0 Å². The molecule has 0 spiro atoms. The van der Waals surface area contributed by atoms with E-state index >= 15 is 0 Å². The number of anilines is 1. The van der Waals surface area contributed by atoms with Gasteiger partial charge in [0, 0.05) is 13.3 Å². The summed E-state index contributed by atoms with van der Waals surface area (Å²) < 4.78 is 103. The summed E-state index contributed by atoms with van der Waals surface area (Å²) in [5.74, 6) is -8.89. The normalized spacial score (nSPS) is 16.0. The zero-order valence-corrected chi connectivity index (χ0v) is 23.8. The summed E-state index contributed by atoms with van der Waals surface area (Å²) in [6.07, 6.45) is -3.98. The number of alkyl halides is 5. The van der Waals surface area contributed by atoms with Crippen molar-refractivity contribution in [1.29, 1.82) is 0 Å². The molecule has 4 amide bonds. The molecular weight excluding hydrogens is 639 g/mol. The Morgan fingerprint density at radius 3 is 2.51 bits per heavy atom. The SMILES string of the molecule is COC[C@H](c1ccnc(NC(=O)[C@@H](NC(=O)c2c(F)cccc2C(F)(F)F)c2ccc(Cl)c(F)c2)c1)N1CC(F)(F)CNC1=O. The number of carbonyl (C=O) groups is 3. The molecule has 0 bridgehead atoms. The zero-order chi connectivity index (χ0) is 33.1. The highest BCUT2D eigenvalue weighted by Gasteiger charge is 2.42. The van der Waals surface area contributed by atoms with Gasteiger partial charge in [0.15, 0.2) is 0 Å². The summed E-state index contributed by atoms with van der Waals surface area (Å²) in [6.45, 7) is -2.05. The molecule has 240 valence electrons. The molecule has 3 aromatic rings. The molecule has 4 rings (SSSR count). The van der Waals surface area contributed by atoms with Crippen LogP contribution in [0.15, 0.2) is 54.7 Å². The van der Waals surface area contributed by atoms with Crippen molar-refractivity contribution in [3.63, 3.8) is 0 Å². The number of benzene rings is 2. The summed E-state index contributed by atoms with van der Waals surface area (Å²) in [4.78, 5) is 43.7. The molecule has 0 saturated carbocycles. The Bertz CT molecular complexity index is 1610. The molecule has 0 radical (unpaired) electrons. The maximum Gasteiger partial charge on any atom is 0.417 e. The molecule has 3 N–H and O–H groups in total. The van der Waals surface area contributed by atoms with E-state index in [1.807, 2.05) is 5.32 Å². The van der Waals surface area contributed by atoms with Gasteiger partial charge in [-0.1, -0.05) is 23.7 Å². The van der Waals surface area contributed by atoms with E-state index in [9.17, 15) is 45.1 Å². The summed E-state index contributed by atoms with van der Waals surface area (Å²) in [7, 11) is 1.27. The minimum Gasteiger partial charge on any atom is -0.382 e. The van der Waals surface area contributed by atoms with Crippen LogP contribution in [0.1, 0.15) is 39.1 Å². The number of ether oxygens (including phenoxy) is 1. The van der Waals surface area contributed by atoms with Crippen molar-refractivity contribution in [1.82, 2.24) is 20.5 Å². The van der Waals surface area contributed by atoms with Crippen LogP contribution in [0.3, 0.4) is 0 Å². The van der Waals surface area contributed by atoms with Crippen LogP contribution in [-0.4, -0.2) is 60.5 Å². The minimum atomic E-state index is -5.14. The fraction of sp³-hybridized carbons (Fsp3) is 0.286. The van der Waals surface area contributed by atoms with E-state index in [-0.39, 0.29) is 28.6 Å². The lowest BCUT2D eigenvalue weighted by Gasteiger charge is -2.38. The lowest BCUT2D eigenvalue weighted by Crippen LogP contribution is -2.58. The maximum absolute atomic E-state index is 14.5. The van der Waals surface area contributed by atoms with E-state index in [1.165, 1.54) is 19.2 Å². The number of nitrogens with one attached hydrogen (secondary N) is 3. The number of hydrogen-bond donors (Lipinski definition) is 3. The van der Waals surface area contributed by atoms with Gasteiger partial charge >= 0.3 is 12.2 Å². The topological polar surface area (TPSA) is 113 Å². The van der Waals surface area contributed by atoms with Gasteiger partial charge in [-0.3, -0.25) is 9.59 Å². The molecule has 1 aliphatic rings. The predicted molar refractivity (Wildman–Crippen MR) is 146 cm³/mol. The van der Waals surface area contributed by atoms with Crippen LogP contribution in [-0.2, 0) is 15.7 Å². The highest BCUT2D eigenvalue weighted by Crippen LogP contribution is 2.34. The van der Waals surface area contributed by atoms with E-state index in [4.69, 9.17) is 16.3 Å². The number of aromatic nitrogens is 1. The quantitative estimate of drug-likeness (QED) is 0.263. The summed E-state index contributed by atoms with van der Waals surface area (Å²) in [5.41, 5.74) is -3.12. The summed E-state index contributed by atoms with van der Waals surface area (Å²) >= 11 is 5.72. The fourth-order valence-corrected chi connectivity index (χ4v) is 4.68. The number of rotatable bonds is 9. The van der Waals surface area contributed by atoms with Gasteiger partial charge in [0.2, 0.25) is 0 Å². The Hall–Kier alpha value is -4.44. The van der Waals surface area contributed by atoms with Gasteiger partial charge < -0.3 is 25.6 Å².